The molecule has 458 valence electrons. The van der Waals surface area contributed by atoms with Crippen LogP contribution in [-0.4, -0.2) is 78.2 Å². The number of aryl methyl sites for hydroxylation is 3. The number of carboxylic acid groups (broad SMARTS) is 1. The van der Waals surface area contributed by atoms with Crippen LogP contribution in [0.2, 0.25) is 15.1 Å². The number of benzene rings is 6. The van der Waals surface area contributed by atoms with Gasteiger partial charge in [-0.15, -0.1) is 0 Å². The van der Waals surface area contributed by atoms with E-state index in [1.165, 1.54) is 43.7 Å². The first-order valence-corrected chi connectivity index (χ1v) is 27.0. The van der Waals surface area contributed by atoms with Crippen LogP contribution in [0.5, 0.6) is 46.0 Å². The van der Waals surface area contributed by atoms with Crippen LogP contribution in [-0.2, 0) is 43.1 Å². The smallest absolute Gasteiger partial charge is 0.430 e. The maximum absolute atomic E-state index is 13.5. The minimum absolute atomic E-state index is 0.0576. The largest absolute Gasteiger partial charge is 0.508 e. The standard InChI is InChI=1S/C21H18ClF3O4.C19H14ClF3O4.C13H9ClF4O3.C8H10O/c1-3-12-5-7-14(8-6-12)28-18-11-17-13(10-16(18)22)9-15(20(26)27-4-2)19(29-17)21(23,24)25;1-2-10-3-5-12(6-4-10)26-16-9-15-11(8-14(16)20)7-13(18(24)25)17(27-15)19(21,22)23;1-2-20-12(19)7-3-6-4-8(14)9(15)5-10(6)21-11(7)13(16,17)18;1-2-7-3-5-8(9)6-4-7/h5-11,19H,3-4H2,1-2H3;3-9,17H,2H2,1H3,(H,24,25);3-5,11H,2H2,1H3;3-6,9H,2H2,1H3. The van der Waals surface area contributed by atoms with Gasteiger partial charge in [-0.1, -0.05) is 92.0 Å². The van der Waals surface area contributed by atoms with Gasteiger partial charge in [0.15, 0.2) is 0 Å². The molecule has 9 rings (SSSR count). The van der Waals surface area contributed by atoms with Gasteiger partial charge in [-0.25, -0.2) is 18.8 Å². The van der Waals surface area contributed by atoms with Gasteiger partial charge in [0.1, 0.15) is 51.8 Å². The van der Waals surface area contributed by atoms with Gasteiger partial charge < -0.3 is 43.4 Å². The lowest BCUT2D eigenvalue weighted by Crippen LogP contribution is -2.40. The predicted octanol–water partition coefficient (Wildman–Crippen LogP) is 17.2. The molecule has 0 saturated heterocycles. The summed E-state index contributed by atoms with van der Waals surface area (Å²) in [6.45, 7) is 8.94. The van der Waals surface area contributed by atoms with Gasteiger partial charge in [0.05, 0.1) is 45.0 Å². The summed E-state index contributed by atoms with van der Waals surface area (Å²) in [6, 6.07) is 28.7. The molecule has 3 aliphatic heterocycles. The van der Waals surface area contributed by atoms with Gasteiger partial charge in [0.2, 0.25) is 18.3 Å². The molecule has 2 N–H and O–H groups in total. The average molecular weight is 1270 g/mol. The number of ether oxygens (including phenoxy) is 7. The highest BCUT2D eigenvalue weighted by Gasteiger charge is 2.51. The second-order valence-corrected chi connectivity index (χ2v) is 19.5. The number of hydrogen-bond acceptors (Lipinski definition) is 11. The Labute approximate surface area is 500 Å². The molecule has 0 saturated carbocycles. The zero-order valence-corrected chi connectivity index (χ0v) is 48.1. The van der Waals surface area contributed by atoms with Crippen LogP contribution < -0.4 is 23.7 Å². The van der Waals surface area contributed by atoms with Crippen LogP contribution in [0.25, 0.3) is 18.2 Å². The SMILES string of the molecule is CCOC(=O)C1=Cc2cc(Cl)c(F)cc2OC1C(F)(F)F.CCOC(=O)C1=Cc2cc(Cl)c(Oc3ccc(CC)cc3)cc2OC1C(F)(F)F.CCc1ccc(O)cc1.CCc1ccc(Oc2cc3c(cc2Cl)C=C(C(=O)O)C(C(F)(F)F)O3)cc1. The summed E-state index contributed by atoms with van der Waals surface area (Å²) in [5, 5.41) is 17.9. The fourth-order valence-corrected chi connectivity index (χ4v) is 8.58. The Morgan fingerprint density at radius 3 is 1.12 bits per heavy atom. The van der Waals surface area contributed by atoms with E-state index in [-0.39, 0.29) is 73.7 Å². The molecule has 3 atom stereocenters. The number of rotatable bonds is 12. The van der Waals surface area contributed by atoms with E-state index in [4.69, 9.17) is 73.4 Å². The van der Waals surface area contributed by atoms with E-state index < -0.39 is 77.3 Å². The molecule has 0 spiro atoms. The highest BCUT2D eigenvalue weighted by Crippen LogP contribution is 2.45. The van der Waals surface area contributed by atoms with Gasteiger partial charge >= 0.3 is 36.4 Å². The number of carboxylic acids is 1. The highest BCUT2D eigenvalue weighted by atomic mass is 35.5. The van der Waals surface area contributed by atoms with Crippen LogP contribution in [0.3, 0.4) is 0 Å². The summed E-state index contributed by atoms with van der Waals surface area (Å²) in [6.07, 6.45) is -16.4. The van der Waals surface area contributed by atoms with Crippen molar-refractivity contribution in [3.8, 4) is 46.0 Å². The lowest BCUT2D eigenvalue weighted by molar-refractivity contribution is -0.188. The zero-order chi connectivity index (χ0) is 63.4. The van der Waals surface area contributed by atoms with E-state index in [0.29, 0.717) is 17.2 Å². The van der Waals surface area contributed by atoms with Crippen molar-refractivity contribution >= 4 is 70.9 Å². The summed E-state index contributed by atoms with van der Waals surface area (Å²) < 4.78 is 167. The van der Waals surface area contributed by atoms with E-state index in [1.807, 2.05) is 50.2 Å². The molecule has 0 amide bonds. The summed E-state index contributed by atoms with van der Waals surface area (Å²) >= 11 is 17.9. The van der Waals surface area contributed by atoms with E-state index in [1.54, 1.807) is 36.4 Å². The van der Waals surface area contributed by atoms with E-state index in [2.05, 4.69) is 11.7 Å². The molecular formula is C61H51Cl3F10O12. The molecule has 25 heteroatoms. The minimum Gasteiger partial charge on any atom is -0.508 e. The van der Waals surface area contributed by atoms with Crippen molar-refractivity contribution in [1.82, 2.24) is 0 Å². The molecule has 3 unspecified atom stereocenters. The molecule has 0 bridgehead atoms. The minimum atomic E-state index is -4.88. The van der Waals surface area contributed by atoms with Crippen molar-refractivity contribution in [2.24, 2.45) is 0 Å². The van der Waals surface area contributed by atoms with Crippen LogP contribution in [0.4, 0.5) is 43.9 Å². The quantitative estimate of drug-likeness (QED) is 0.0884. The number of alkyl halides is 9. The topological polar surface area (TPSA) is 156 Å². The Bertz CT molecular complexity index is 3490. The second-order valence-electron chi connectivity index (χ2n) is 18.3. The maximum atomic E-state index is 13.5. The molecule has 6 aromatic carbocycles. The number of hydrogen-bond donors (Lipinski definition) is 2. The van der Waals surface area contributed by atoms with Gasteiger partial charge in [0, 0.05) is 34.9 Å². The fourth-order valence-electron chi connectivity index (χ4n) is 7.98. The fraction of sp³-hybridized carbons (Fsp3) is 0.262. The van der Waals surface area contributed by atoms with Gasteiger partial charge in [-0.3, -0.25) is 0 Å². The molecule has 0 aliphatic carbocycles. The van der Waals surface area contributed by atoms with Crippen LogP contribution >= 0.6 is 34.8 Å². The lowest BCUT2D eigenvalue weighted by Gasteiger charge is -2.28. The van der Waals surface area contributed by atoms with Crippen LogP contribution in [0, 0.1) is 5.82 Å². The third-order valence-corrected chi connectivity index (χ3v) is 13.2. The van der Waals surface area contributed by atoms with Crippen molar-refractivity contribution < 1.29 is 102 Å². The number of carbonyl (C=O) groups is 3. The van der Waals surface area contributed by atoms with Gasteiger partial charge in [-0.2, -0.15) is 39.5 Å². The Hall–Kier alpha value is -8.08. The third-order valence-electron chi connectivity index (χ3n) is 12.3. The van der Waals surface area contributed by atoms with E-state index in [0.717, 1.165) is 60.8 Å². The second kappa shape index (κ2) is 28.9. The summed E-state index contributed by atoms with van der Waals surface area (Å²) in [5.41, 5.74) is 1.65. The van der Waals surface area contributed by atoms with E-state index >= 15 is 0 Å². The Morgan fingerprint density at radius 1 is 0.477 bits per heavy atom. The number of aromatic hydroxyl groups is 1. The highest BCUT2D eigenvalue weighted by molar-refractivity contribution is 6.33. The van der Waals surface area contributed by atoms with E-state index in [9.17, 15) is 58.3 Å². The first-order chi connectivity index (χ1) is 40.5. The summed E-state index contributed by atoms with van der Waals surface area (Å²) in [5.74, 6) is -3.93. The maximum Gasteiger partial charge on any atom is 0.430 e. The normalized spacial score (nSPS) is 15.7. The molecular weight excluding hydrogens is 1220 g/mol. The van der Waals surface area contributed by atoms with Crippen LogP contribution in [0.1, 0.15) is 68.0 Å². The summed E-state index contributed by atoms with van der Waals surface area (Å²) in [7, 11) is 0. The third kappa shape index (κ3) is 17.5. The zero-order valence-electron chi connectivity index (χ0n) is 45.8. The van der Waals surface area contributed by atoms with Gasteiger partial charge in [0.25, 0.3) is 0 Å². The number of phenols is 1. The monoisotopic (exact) mass is 1270 g/mol. The number of esters is 2. The first-order valence-electron chi connectivity index (χ1n) is 25.9. The number of fused-ring (bicyclic) bond motifs is 3. The molecule has 6 aromatic rings. The average Bonchev–Trinajstić information content (AvgIpc) is 0.837. The first kappa shape index (κ1) is 67.1. The molecule has 0 fully saturated rings. The van der Waals surface area contributed by atoms with Crippen LogP contribution in [0.15, 0.2) is 126 Å². The van der Waals surface area contributed by atoms with Crippen molar-refractivity contribution in [2.45, 2.75) is 90.7 Å². The number of carbonyl (C=O) groups excluding carboxylic acids is 2. The molecule has 3 heterocycles. The lowest BCUT2D eigenvalue weighted by atomic mass is 10.0. The van der Waals surface area contributed by atoms with Crippen molar-refractivity contribution in [3.05, 3.63) is 180 Å². The van der Waals surface area contributed by atoms with Crippen molar-refractivity contribution in [1.29, 1.82) is 0 Å². The predicted molar refractivity (Wildman–Crippen MR) is 300 cm³/mol. The number of aliphatic carboxylic acids is 1. The Balaban J connectivity index is 0.000000194. The van der Waals surface area contributed by atoms with Gasteiger partial charge in [-0.05, 0) is 123 Å². The molecule has 0 radical (unpaired) electrons. The molecule has 0 aromatic heterocycles. The molecule has 86 heavy (non-hydrogen) atoms. The Kier molecular flexibility index (Phi) is 22.5. The molecule has 3 aliphatic rings. The molecule has 12 nitrogen and oxygen atoms in total. The Morgan fingerprint density at radius 2 is 0.791 bits per heavy atom. The van der Waals surface area contributed by atoms with Crippen molar-refractivity contribution in [3.63, 3.8) is 0 Å². The number of halogens is 13. The summed E-state index contributed by atoms with van der Waals surface area (Å²) in [4.78, 5) is 34.8. The number of phenolic OH excluding ortho intramolecular Hbond substituents is 1. The van der Waals surface area contributed by atoms with Crippen molar-refractivity contribution in [2.75, 3.05) is 13.2 Å².